The summed E-state index contributed by atoms with van der Waals surface area (Å²) in [6, 6.07) is -0.307. The highest BCUT2D eigenvalue weighted by atomic mass is 19.4. The lowest BCUT2D eigenvalue weighted by Gasteiger charge is -2.17. The molecule has 2 unspecified atom stereocenters. The van der Waals surface area contributed by atoms with Crippen molar-refractivity contribution in [3.63, 3.8) is 0 Å². The van der Waals surface area contributed by atoms with Crippen molar-refractivity contribution >= 4 is 0 Å². The average molecular weight is 211 g/mol. The summed E-state index contributed by atoms with van der Waals surface area (Å²) in [7, 11) is 0. The van der Waals surface area contributed by atoms with E-state index in [9.17, 15) is 13.2 Å². The van der Waals surface area contributed by atoms with Crippen LogP contribution in [-0.2, 0) is 0 Å². The zero-order valence-corrected chi connectivity index (χ0v) is 8.90. The van der Waals surface area contributed by atoms with Gasteiger partial charge in [-0.25, -0.2) is 0 Å². The number of hydrogen-bond acceptors (Lipinski definition) is 1. The molecular weight excluding hydrogens is 191 g/mol. The van der Waals surface area contributed by atoms with Crippen LogP contribution in [0.2, 0.25) is 0 Å². The van der Waals surface area contributed by atoms with Crippen LogP contribution in [0.15, 0.2) is 0 Å². The van der Waals surface area contributed by atoms with E-state index in [2.05, 4.69) is 6.92 Å². The zero-order valence-electron chi connectivity index (χ0n) is 8.90. The fourth-order valence-corrected chi connectivity index (χ4v) is 1.59. The van der Waals surface area contributed by atoms with Crippen LogP contribution in [0.25, 0.3) is 0 Å². The Morgan fingerprint density at radius 2 is 1.79 bits per heavy atom. The molecule has 0 bridgehead atoms. The molecule has 0 fully saturated rings. The third kappa shape index (κ3) is 8.35. The van der Waals surface area contributed by atoms with Crippen molar-refractivity contribution in [1.82, 2.24) is 0 Å². The highest BCUT2D eigenvalue weighted by Gasteiger charge is 2.27. The van der Waals surface area contributed by atoms with Gasteiger partial charge >= 0.3 is 6.18 Å². The topological polar surface area (TPSA) is 26.0 Å². The van der Waals surface area contributed by atoms with Crippen molar-refractivity contribution in [2.45, 2.75) is 58.2 Å². The Morgan fingerprint density at radius 1 is 1.21 bits per heavy atom. The zero-order chi connectivity index (χ0) is 11.2. The fraction of sp³-hybridized carbons (Fsp3) is 1.00. The average Bonchev–Trinajstić information content (AvgIpc) is 2.00. The van der Waals surface area contributed by atoms with Gasteiger partial charge < -0.3 is 5.73 Å². The van der Waals surface area contributed by atoms with E-state index in [4.69, 9.17) is 5.73 Å². The van der Waals surface area contributed by atoms with Crippen molar-refractivity contribution in [3.05, 3.63) is 0 Å². The molecule has 0 aliphatic rings. The molecule has 0 saturated heterocycles. The first-order valence-corrected chi connectivity index (χ1v) is 5.17. The Hall–Kier alpha value is -0.250. The molecule has 0 aliphatic carbocycles. The lowest BCUT2D eigenvalue weighted by atomic mass is 9.95. The molecule has 0 aromatic carbocycles. The van der Waals surface area contributed by atoms with Crippen LogP contribution in [0, 0.1) is 5.92 Å². The monoisotopic (exact) mass is 211 g/mol. The van der Waals surface area contributed by atoms with E-state index < -0.39 is 12.6 Å². The summed E-state index contributed by atoms with van der Waals surface area (Å²) in [5, 5.41) is 0. The van der Waals surface area contributed by atoms with Gasteiger partial charge in [-0.3, -0.25) is 0 Å². The molecule has 4 heteroatoms. The van der Waals surface area contributed by atoms with E-state index in [0.29, 0.717) is 12.3 Å². The van der Waals surface area contributed by atoms with Gasteiger partial charge in [0, 0.05) is 12.5 Å². The summed E-state index contributed by atoms with van der Waals surface area (Å²) < 4.78 is 35.5. The standard InChI is InChI=1S/C10H20F3N/c1-3-4-8(2)7-9(14)5-6-10(11,12)13/h8-9H,3-7,14H2,1-2H3. The van der Waals surface area contributed by atoms with Gasteiger partial charge in [-0.2, -0.15) is 13.2 Å². The Bertz CT molecular complexity index is 145. The molecule has 0 spiro atoms. The van der Waals surface area contributed by atoms with E-state index in [1.165, 1.54) is 0 Å². The number of hydrogen-bond donors (Lipinski definition) is 1. The van der Waals surface area contributed by atoms with Crippen LogP contribution in [-0.4, -0.2) is 12.2 Å². The number of halogens is 3. The van der Waals surface area contributed by atoms with Crippen molar-refractivity contribution in [2.75, 3.05) is 0 Å². The fourth-order valence-electron chi connectivity index (χ4n) is 1.59. The Labute approximate surface area is 83.9 Å². The first kappa shape index (κ1) is 13.8. The lowest BCUT2D eigenvalue weighted by molar-refractivity contribution is -0.136. The molecule has 0 amide bonds. The largest absolute Gasteiger partial charge is 0.389 e. The maximum Gasteiger partial charge on any atom is 0.389 e. The second kappa shape index (κ2) is 6.27. The van der Waals surface area contributed by atoms with Gasteiger partial charge in [-0.15, -0.1) is 0 Å². The van der Waals surface area contributed by atoms with E-state index >= 15 is 0 Å². The molecule has 14 heavy (non-hydrogen) atoms. The minimum absolute atomic E-state index is 0.0531. The third-order valence-electron chi connectivity index (χ3n) is 2.29. The summed E-state index contributed by atoms with van der Waals surface area (Å²) in [5.41, 5.74) is 5.61. The smallest absolute Gasteiger partial charge is 0.328 e. The Morgan fingerprint density at radius 3 is 2.21 bits per heavy atom. The van der Waals surface area contributed by atoms with E-state index in [1.54, 1.807) is 0 Å². The molecule has 0 aromatic rings. The second-order valence-corrected chi connectivity index (χ2v) is 4.04. The molecule has 0 saturated carbocycles. The first-order valence-electron chi connectivity index (χ1n) is 5.17. The van der Waals surface area contributed by atoms with Crippen molar-refractivity contribution in [2.24, 2.45) is 11.7 Å². The van der Waals surface area contributed by atoms with Crippen molar-refractivity contribution in [1.29, 1.82) is 0 Å². The summed E-state index contributed by atoms with van der Waals surface area (Å²) in [4.78, 5) is 0. The van der Waals surface area contributed by atoms with Crippen LogP contribution < -0.4 is 5.73 Å². The lowest BCUT2D eigenvalue weighted by Crippen LogP contribution is -2.25. The van der Waals surface area contributed by atoms with Crippen LogP contribution >= 0.6 is 0 Å². The van der Waals surface area contributed by atoms with Gasteiger partial charge in [-0.05, 0) is 18.8 Å². The highest BCUT2D eigenvalue weighted by molar-refractivity contribution is 4.67. The highest BCUT2D eigenvalue weighted by Crippen LogP contribution is 2.23. The van der Waals surface area contributed by atoms with Gasteiger partial charge in [-0.1, -0.05) is 26.7 Å². The van der Waals surface area contributed by atoms with Gasteiger partial charge in [0.05, 0.1) is 0 Å². The van der Waals surface area contributed by atoms with Crippen LogP contribution in [0.3, 0.4) is 0 Å². The summed E-state index contributed by atoms with van der Waals surface area (Å²) in [6.07, 6.45) is -1.97. The van der Waals surface area contributed by atoms with E-state index in [-0.39, 0.29) is 12.5 Å². The van der Waals surface area contributed by atoms with Gasteiger partial charge in [0.2, 0.25) is 0 Å². The number of alkyl halides is 3. The van der Waals surface area contributed by atoms with Crippen LogP contribution in [0.5, 0.6) is 0 Å². The minimum Gasteiger partial charge on any atom is -0.328 e. The summed E-state index contributed by atoms with van der Waals surface area (Å²) in [5.74, 6) is 0.434. The summed E-state index contributed by atoms with van der Waals surface area (Å²) >= 11 is 0. The maximum absolute atomic E-state index is 11.8. The molecule has 0 rings (SSSR count). The van der Waals surface area contributed by atoms with E-state index in [1.807, 2.05) is 6.92 Å². The maximum atomic E-state index is 11.8. The number of rotatable bonds is 6. The van der Waals surface area contributed by atoms with Gasteiger partial charge in [0.1, 0.15) is 0 Å². The molecule has 86 valence electrons. The summed E-state index contributed by atoms with van der Waals surface area (Å²) in [6.45, 7) is 4.11. The Kier molecular flexibility index (Phi) is 6.16. The van der Waals surface area contributed by atoms with E-state index in [0.717, 1.165) is 12.8 Å². The molecule has 0 radical (unpaired) electrons. The van der Waals surface area contributed by atoms with Crippen LogP contribution in [0.1, 0.15) is 46.0 Å². The molecule has 1 nitrogen and oxygen atoms in total. The molecule has 2 N–H and O–H groups in total. The predicted octanol–water partition coefficient (Wildman–Crippen LogP) is 3.48. The molecule has 2 atom stereocenters. The molecule has 0 aromatic heterocycles. The molecule has 0 heterocycles. The van der Waals surface area contributed by atoms with Gasteiger partial charge in [0.25, 0.3) is 0 Å². The van der Waals surface area contributed by atoms with Crippen molar-refractivity contribution in [3.8, 4) is 0 Å². The first-order chi connectivity index (χ1) is 6.35. The predicted molar refractivity (Wildman–Crippen MR) is 52.0 cm³/mol. The van der Waals surface area contributed by atoms with Crippen molar-refractivity contribution < 1.29 is 13.2 Å². The minimum atomic E-state index is -4.06. The second-order valence-electron chi connectivity index (χ2n) is 4.04. The van der Waals surface area contributed by atoms with Crippen LogP contribution in [0.4, 0.5) is 13.2 Å². The quantitative estimate of drug-likeness (QED) is 0.715. The third-order valence-corrected chi connectivity index (χ3v) is 2.29. The van der Waals surface area contributed by atoms with Gasteiger partial charge in [0.15, 0.2) is 0 Å². The molecule has 0 aliphatic heterocycles. The number of nitrogens with two attached hydrogens (primary N) is 1. The SMILES string of the molecule is CCCC(C)CC(N)CCC(F)(F)F. The normalized spacial score (nSPS) is 16.7. The molecular formula is C10H20F3N. The Balaban J connectivity index is 3.59.